The lowest BCUT2D eigenvalue weighted by molar-refractivity contribution is 0.0993. The van der Waals surface area contributed by atoms with Gasteiger partial charge in [0.1, 0.15) is 0 Å². The third-order valence-corrected chi connectivity index (χ3v) is 3.90. The van der Waals surface area contributed by atoms with Gasteiger partial charge in [-0.3, -0.25) is 4.79 Å². The Morgan fingerprint density at radius 3 is 2.52 bits per heavy atom. The molecule has 1 aromatic carbocycles. The molecule has 1 amide bonds. The van der Waals surface area contributed by atoms with Crippen LogP contribution in [0.2, 0.25) is 0 Å². The minimum absolute atomic E-state index is 0.0305. The Morgan fingerprint density at radius 1 is 1.24 bits per heavy atom. The van der Waals surface area contributed by atoms with Crippen molar-refractivity contribution in [2.24, 2.45) is 5.73 Å². The number of amides is 1. The Balaban J connectivity index is 2.24. The molecular weight excluding hydrogens is 280 g/mol. The van der Waals surface area contributed by atoms with Gasteiger partial charge in [-0.15, -0.1) is 11.3 Å². The highest BCUT2D eigenvalue weighted by atomic mass is 32.1. The number of anilines is 1. The molecule has 0 radical (unpaired) electrons. The number of benzene rings is 1. The summed E-state index contributed by atoms with van der Waals surface area (Å²) in [6.45, 7) is 4.38. The minimum Gasteiger partial charge on any atom is -0.320 e. The quantitative estimate of drug-likeness (QED) is 0.867. The number of aryl methyl sites for hydroxylation is 2. The highest BCUT2D eigenvalue weighted by Crippen LogP contribution is 2.21. The van der Waals surface area contributed by atoms with Crippen molar-refractivity contribution in [2.75, 3.05) is 18.5 Å². The summed E-state index contributed by atoms with van der Waals surface area (Å²) in [6, 6.07) is 7.92. The third kappa shape index (κ3) is 3.72. The molecule has 0 aliphatic rings. The molecule has 0 atom stereocenters. The number of rotatable bonds is 2. The zero-order valence-corrected chi connectivity index (χ0v) is 13.3. The maximum absolute atomic E-state index is 12.5. The van der Waals surface area contributed by atoms with E-state index in [9.17, 15) is 4.79 Å². The van der Waals surface area contributed by atoms with Crippen LogP contribution in [-0.2, 0) is 0 Å². The van der Waals surface area contributed by atoms with Crippen LogP contribution in [0, 0.1) is 25.7 Å². The van der Waals surface area contributed by atoms with Crippen LogP contribution in [0.15, 0.2) is 29.6 Å². The summed E-state index contributed by atoms with van der Waals surface area (Å²) in [6.07, 6.45) is 0. The van der Waals surface area contributed by atoms with Crippen LogP contribution >= 0.6 is 11.3 Å². The van der Waals surface area contributed by atoms with Crippen molar-refractivity contribution in [2.45, 2.75) is 13.8 Å². The van der Waals surface area contributed by atoms with Gasteiger partial charge in [0.05, 0.1) is 17.0 Å². The molecule has 1 aromatic heterocycles. The van der Waals surface area contributed by atoms with E-state index in [1.54, 1.807) is 11.9 Å². The maximum atomic E-state index is 12.5. The number of nitrogens with zero attached hydrogens (tertiary/aromatic N) is 1. The van der Waals surface area contributed by atoms with Gasteiger partial charge >= 0.3 is 0 Å². The lowest BCUT2D eigenvalue weighted by Gasteiger charge is -2.18. The van der Waals surface area contributed by atoms with Crippen LogP contribution in [0.3, 0.4) is 0 Å². The van der Waals surface area contributed by atoms with Crippen molar-refractivity contribution in [1.29, 1.82) is 0 Å². The molecule has 3 nitrogen and oxygen atoms in total. The number of hydrogen-bond donors (Lipinski definition) is 1. The maximum Gasteiger partial charge on any atom is 0.258 e. The molecule has 1 heterocycles. The SMILES string of the molecule is Cc1cc(C)cc(N(C)C(=O)c2csc(C#CCN)c2)c1. The average Bonchev–Trinajstić information content (AvgIpc) is 2.91. The van der Waals surface area contributed by atoms with Crippen LogP contribution in [0.25, 0.3) is 0 Å². The second-order valence-electron chi connectivity index (χ2n) is 4.92. The van der Waals surface area contributed by atoms with E-state index in [1.807, 2.05) is 37.4 Å². The highest BCUT2D eigenvalue weighted by molar-refractivity contribution is 7.10. The van der Waals surface area contributed by atoms with Gasteiger partial charge in [0.15, 0.2) is 0 Å². The van der Waals surface area contributed by atoms with E-state index in [0.717, 1.165) is 21.7 Å². The van der Waals surface area contributed by atoms with Crippen molar-refractivity contribution >= 4 is 22.9 Å². The number of nitrogens with two attached hydrogens (primary N) is 1. The average molecular weight is 298 g/mol. The largest absolute Gasteiger partial charge is 0.320 e. The number of carbonyl (C=O) groups is 1. The lowest BCUT2D eigenvalue weighted by atomic mass is 10.1. The molecule has 0 spiro atoms. The number of thiophene rings is 1. The van der Waals surface area contributed by atoms with E-state index in [4.69, 9.17) is 5.73 Å². The molecule has 0 saturated carbocycles. The van der Waals surface area contributed by atoms with Gasteiger partial charge in [-0.25, -0.2) is 0 Å². The predicted molar refractivity (Wildman–Crippen MR) is 88.9 cm³/mol. The van der Waals surface area contributed by atoms with Crippen molar-refractivity contribution < 1.29 is 4.79 Å². The smallest absolute Gasteiger partial charge is 0.258 e. The van der Waals surface area contributed by atoms with Crippen LogP contribution in [-0.4, -0.2) is 19.5 Å². The van der Waals surface area contributed by atoms with Gasteiger partial charge in [0.2, 0.25) is 0 Å². The molecule has 0 fully saturated rings. The summed E-state index contributed by atoms with van der Waals surface area (Å²) in [7, 11) is 1.79. The van der Waals surface area contributed by atoms with Crippen molar-refractivity contribution in [1.82, 2.24) is 0 Å². The van der Waals surface area contributed by atoms with Gasteiger partial charge < -0.3 is 10.6 Å². The molecule has 4 heteroatoms. The second-order valence-corrected chi connectivity index (χ2v) is 5.83. The van der Waals surface area contributed by atoms with E-state index in [2.05, 4.69) is 17.9 Å². The van der Waals surface area contributed by atoms with E-state index in [0.29, 0.717) is 12.1 Å². The van der Waals surface area contributed by atoms with Crippen LogP contribution in [0.1, 0.15) is 26.4 Å². The van der Waals surface area contributed by atoms with E-state index in [-0.39, 0.29) is 5.91 Å². The first kappa shape index (κ1) is 15.3. The van der Waals surface area contributed by atoms with Gasteiger partial charge in [-0.1, -0.05) is 17.9 Å². The number of hydrogen-bond acceptors (Lipinski definition) is 3. The van der Waals surface area contributed by atoms with E-state index < -0.39 is 0 Å². The first-order valence-corrected chi connectivity index (χ1v) is 7.53. The Hall–Kier alpha value is -2.09. The summed E-state index contributed by atoms with van der Waals surface area (Å²) in [4.78, 5) is 15.0. The van der Waals surface area contributed by atoms with Crippen molar-refractivity contribution in [3.8, 4) is 11.8 Å². The molecule has 0 unspecified atom stereocenters. The summed E-state index contributed by atoms with van der Waals surface area (Å²) >= 11 is 1.46. The van der Waals surface area contributed by atoms with Gasteiger partial charge in [-0.2, -0.15) is 0 Å². The molecule has 0 saturated heterocycles. The minimum atomic E-state index is -0.0305. The Kier molecular flexibility index (Phi) is 4.79. The van der Waals surface area contributed by atoms with Crippen molar-refractivity contribution in [3.05, 3.63) is 51.2 Å². The fourth-order valence-electron chi connectivity index (χ4n) is 2.11. The third-order valence-electron chi connectivity index (χ3n) is 3.06. The molecule has 0 aliphatic carbocycles. The molecule has 2 N–H and O–H groups in total. The summed E-state index contributed by atoms with van der Waals surface area (Å²) in [5.74, 6) is 5.71. The van der Waals surface area contributed by atoms with Crippen LogP contribution in [0.4, 0.5) is 5.69 Å². The van der Waals surface area contributed by atoms with Crippen molar-refractivity contribution in [3.63, 3.8) is 0 Å². The molecule has 0 bridgehead atoms. The lowest BCUT2D eigenvalue weighted by Crippen LogP contribution is -2.25. The predicted octanol–water partition coefficient (Wildman–Crippen LogP) is 2.95. The molecule has 21 heavy (non-hydrogen) atoms. The van der Waals surface area contributed by atoms with Gasteiger partial charge in [0.25, 0.3) is 5.91 Å². The normalized spacial score (nSPS) is 9.90. The molecule has 108 valence electrons. The molecule has 2 rings (SSSR count). The molecule has 0 aliphatic heterocycles. The van der Waals surface area contributed by atoms with Gasteiger partial charge in [-0.05, 0) is 43.2 Å². The first-order valence-electron chi connectivity index (χ1n) is 6.65. The monoisotopic (exact) mass is 298 g/mol. The fourth-order valence-corrected chi connectivity index (χ4v) is 2.86. The zero-order valence-electron chi connectivity index (χ0n) is 12.4. The van der Waals surface area contributed by atoms with Crippen LogP contribution in [0.5, 0.6) is 0 Å². The van der Waals surface area contributed by atoms with Gasteiger partial charge in [0, 0.05) is 18.1 Å². The zero-order chi connectivity index (χ0) is 15.4. The Labute approximate surface area is 129 Å². The second kappa shape index (κ2) is 6.57. The Bertz CT molecular complexity index is 702. The van der Waals surface area contributed by atoms with Crippen LogP contribution < -0.4 is 10.6 Å². The van der Waals surface area contributed by atoms with E-state index in [1.165, 1.54) is 11.3 Å². The standard InChI is InChI=1S/C17H18N2OS/c1-12-7-13(2)9-15(8-12)19(3)17(20)14-10-16(21-11-14)5-4-6-18/h7-11H,6,18H2,1-3H3. The molecular formula is C17H18N2OS. The fraction of sp³-hybridized carbons (Fsp3) is 0.235. The highest BCUT2D eigenvalue weighted by Gasteiger charge is 2.15. The topological polar surface area (TPSA) is 46.3 Å². The summed E-state index contributed by atoms with van der Waals surface area (Å²) in [5, 5.41) is 1.84. The van der Waals surface area contributed by atoms with E-state index >= 15 is 0 Å². The summed E-state index contributed by atoms with van der Waals surface area (Å²) < 4.78 is 0. The first-order chi connectivity index (χ1) is 10.0. The Morgan fingerprint density at radius 2 is 1.90 bits per heavy atom. The summed E-state index contributed by atoms with van der Waals surface area (Å²) in [5.41, 5.74) is 9.19. The number of carbonyl (C=O) groups excluding carboxylic acids is 1. The molecule has 2 aromatic rings.